The Bertz CT molecular complexity index is 428. The molecule has 4 nitrogen and oxygen atoms in total. The number of carbonyl (C=O) groups is 2. The van der Waals surface area contributed by atoms with Gasteiger partial charge in [0, 0.05) is 30.0 Å². The van der Waals surface area contributed by atoms with E-state index in [0.717, 1.165) is 10.5 Å². The first-order valence-electron chi connectivity index (χ1n) is 5.86. The van der Waals surface area contributed by atoms with E-state index in [9.17, 15) is 9.59 Å². The minimum atomic E-state index is -0.0590. The summed E-state index contributed by atoms with van der Waals surface area (Å²) in [5, 5.41) is 8.92. The molecule has 1 aliphatic rings. The van der Waals surface area contributed by atoms with Crippen molar-refractivity contribution in [2.45, 2.75) is 24.3 Å². The van der Waals surface area contributed by atoms with Crippen LogP contribution in [0.4, 0.5) is 0 Å². The summed E-state index contributed by atoms with van der Waals surface area (Å²) in [4.78, 5) is 25.2. The van der Waals surface area contributed by atoms with Crippen LogP contribution >= 0.6 is 11.8 Å². The Morgan fingerprint density at radius 1 is 1.11 bits per heavy atom. The third-order valence-corrected chi connectivity index (χ3v) is 3.84. The standard InChI is InChI=1S/C13H15NO3S/c15-9-10-1-3-11(4-2-10)18-8-7-14-12(16)5-6-13(14)17/h1-4,15H,5-9H2. The maximum absolute atomic E-state index is 11.4. The van der Waals surface area contributed by atoms with Crippen molar-refractivity contribution in [2.24, 2.45) is 0 Å². The highest BCUT2D eigenvalue weighted by Gasteiger charge is 2.27. The molecule has 0 atom stereocenters. The van der Waals surface area contributed by atoms with Crippen molar-refractivity contribution in [3.63, 3.8) is 0 Å². The zero-order valence-electron chi connectivity index (χ0n) is 9.96. The fraction of sp³-hybridized carbons (Fsp3) is 0.385. The quantitative estimate of drug-likeness (QED) is 0.646. The number of carbonyl (C=O) groups excluding carboxylic acids is 2. The maximum Gasteiger partial charge on any atom is 0.229 e. The SMILES string of the molecule is O=C1CCC(=O)N1CCSc1ccc(CO)cc1. The number of rotatable bonds is 5. The Morgan fingerprint density at radius 2 is 1.72 bits per heavy atom. The number of hydrogen-bond acceptors (Lipinski definition) is 4. The van der Waals surface area contributed by atoms with E-state index in [1.807, 2.05) is 24.3 Å². The lowest BCUT2D eigenvalue weighted by Gasteiger charge is -2.12. The number of nitrogens with zero attached hydrogens (tertiary/aromatic N) is 1. The molecule has 5 heteroatoms. The van der Waals surface area contributed by atoms with Gasteiger partial charge in [-0.1, -0.05) is 12.1 Å². The van der Waals surface area contributed by atoms with Crippen molar-refractivity contribution in [3.8, 4) is 0 Å². The van der Waals surface area contributed by atoms with E-state index in [4.69, 9.17) is 5.11 Å². The lowest BCUT2D eigenvalue weighted by atomic mass is 10.2. The molecular formula is C13H15NO3S. The molecule has 0 unspecified atom stereocenters. The van der Waals surface area contributed by atoms with Crippen molar-refractivity contribution < 1.29 is 14.7 Å². The molecular weight excluding hydrogens is 250 g/mol. The molecule has 1 N–H and O–H groups in total. The summed E-state index contributed by atoms with van der Waals surface area (Å²) in [6, 6.07) is 7.61. The summed E-state index contributed by atoms with van der Waals surface area (Å²) in [5.41, 5.74) is 0.879. The number of benzene rings is 1. The van der Waals surface area contributed by atoms with E-state index in [0.29, 0.717) is 25.1 Å². The molecule has 18 heavy (non-hydrogen) atoms. The minimum Gasteiger partial charge on any atom is -0.392 e. The van der Waals surface area contributed by atoms with Gasteiger partial charge in [-0.25, -0.2) is 0 Å². The molecule has 0 radical (unpaired) electrons. The van der Waals surface area contributed by atoms with Crippen molar-refractivity contribution in [1.29, 1.82) is 0 Å². The summed E-state index contributed by atoms with van der Waals surface area (Å²) in [6.45, 7) is 0.520. The average molecular weight is 265 g/mol. The molecule has 1 aliphatic heterocycles. The van der Waals surface area contributed by atoms with E-state index in [-0.39, 0.29) is 18.4 Å². The van der Waals surface area contributed by atoms with Crippen LogP contribution in [0.2, 0.25) is 0 Å². The Hall–Kier alpha value is -1.33. The van der Waals surface area contributed by atoms with Crippen LogP contribution in [-0.4, -0.2) is 34.1 Å². The molecule has 0 saturated carbocycles. The van der Waals surface area contributed by atoms with Gasteiger partial charge in [-0.3, -0.25) is 14.5 Å². The Balaban J connectivity index is 1.81. The summed E-state index contributed by atoms with van der Waals surface area (Å²) < 4.78 is 0. The van der Waals surface area contributed by atoms with Crippen molar-refractivity contribution in [2.75, 3.05) is 12.3 Å². The number of thioether (sulfide) groups is 1. The predicted octanol–water partition coefficient (Wildman–Crippen LogP) is 1.42. The lowest BCUT2D eigenvalue weighted by molar-refractivity contribution is -0.137. The van der Waals surface area contributed by atoms with Crippen LogP contribution < -0.4 is 0 Å². The Kier molecular flexibility index (Phi) is 4.38. The third-order valence-electron chi connectivity index (χ3n) is 2.84. The number of hydrogen-bond donors (Lipinski definition) is 1. The number of amides is 2. The predicted molar refractivity (Wildman–Crippen MR) is 69.0 cm³/mol. The molecule has 96 valence electrons. The van der Waals surface area contributed by atoms with Gasteiger partial charge in [0.25, 0.3) is 0 Å². The van der Waals surface area contributed by atoms with Crippen LogP contribution in [0.15, 0.2) is 29.2 Å². The fourth-order valence-corrected chi connectivity index (χ4v) is 2.66. The summed E-state index contributed by atoms with van der Waals surface area (Å²) >= 11 is 1.60. The number of likely N-dealkylation sites (tertiary alicyclic amines) is 1. The molecule has 1 aromatic rings. The summed E-state index contributed by atoms with van der Waals surface area (Å²) in [5.74, 6) is 0.586. The molecule has 0 bridgehead atoms. The van der Waals surface area contributed by atoms with Crippen LogP contribution in [0.25, 0.3) is 0 Å². The smallest absolute Gasteiger partial charge is 0.229 e. The van der Waals surface area contributed by atoms with Crippen LogP contribution in [-0.2, 0) is 16.2 Å². The van der Waals surface area contributed by atoms with Crippen LogP contribution in [0.3, 0.4) is 0 Å². The van der Waals surface area contributed by atoms with Crippen molar-refractivity contribution in [3.05, 3.63) is 29.8 Å². The fourth-order valence-electron chi connectivity index (χ4n) is 1.82. The van der Waals surface area contributed by atoms with Gasteiger partial charge in [0.2, 0.25) is 11.8 Å². The monoisotopic (exact) mass is 265 g/mol. The molecule has 0 spiro atoms. The minimum absolute atomic E-state index is 0.0434. The molecule has 0 aliphatic carbocycles. The first-order valence-corrected chi connectivity index (χ1v) is 6.85. The molecule has 1 aromatic carbocycles. The molecule has 2 amide bonds. The number of imide groups is 1. The molecule has 1 saturated heterocycles. The number of aliphatic hydroxyl groups excluding tert-OH is 1. The van der Waals surface area contributed by atoms with Gasteiger partial charge >= 0.3 is 0 Å². The van der Waals surface area contributed by atoms with Crippen LogP contribution in [0, 0.1) is 0 Å². The van der Waals surface area contributed by atoms with Gasteiger partial charge in [0.15, 0.2) is 0 Å². The second kappa shape index (κ2) is 6.02. The van der Waals surface area contributed by atoms with E-state index in [1.165, 1.54) is 4.90 Å². The second-order valence-electron chi connectivity index (χ2n) is 4.09. The molecule has 2 rings (SSSR count). The topological polar surface area (TPSA) is 57.6 Å². The van der Waals surface area contributed by atoms with E-state index in [1.54, 1.807) is 11.8 Å². The van der Waals surface area contributed by atoms with E-state index >= 15 is 0 Å². The molecule has 0 aromatic heterocycles. The first kappa shape index (κ1) is 13.1. The highest BCUT2D eigenvalue weighted by atomic mass is 32.2. The summed E-state index contributed by atoms with van der Waals surface area (Å²) in [7, 11) is 0. The Morgan fingerprint density at radius 3 is 2.28 bits per heavy atom. The van der Waals surface area contributed by atoms with E-state index in [2.05, 4.69) is 0 Å². The van der Waals surface area contributed by atoms with Crippen molar-refractivity contribution in [1.82, 2.24) is 4.90 Å². The normalized spacial score (nSPS) is 15.5. The van der Waals surface area contributed by atoms with E-state index < -0.39 is 0 Å². The van der Waals surface area contributed by atoms with Crippen molar-refractivity contribution >= 4 is 23.6 Å². The zero-order chi connectivity index (χ0) is 13.0. The highest BCUT2D eigenvalue weighted by Crippen LogP contribution is 2.20. The average Bonchev–Trinajstić information content (AvgIpc) is 2.71. The lowest BCUT2D eigenvalue weighted by Crippen LogP contribution is -2.31. The summed E-state index contributed by atoms with van der Waals surface area (Å²) in [6.07, 6.45) is 0.712. The van der Waals surface area contributed by atoms with Gasteiger partial charge in [-0.15, -0.1) is 11.8 Å². The second-order valence-corrected chi connectivity index (χ2v) is 5.26. The third kappa shape index (κ3) is 3.11. The molecule has 1 heterocycles. The van der Waals surface area contributed by atoms with Crippen LogP contribution in [0.1, 0.15) is 18.4 Å². The van der Waals surface area contributed by atoms with Gasteiger partial charge in [0.1, 0.15) is 0 Å². The van der Waals surface area contributed by atoms with Gasteiger partial charge in [0.05, 0.1) is 6.61 Å². The Labute approximate surface area is 110 Å². The maximum atomic E-state index is 11.4. The van der Waals surface area contributed by atoms with Gasteiger partial charge in [-0.05, 0) is 17.7 Å². The number of aliphatic hydroxyl groups is 1. The molecule has 1 fully saturated rings. The van der Waals surface area contributed by atoms with Gasteiger partial charge in [-0.2, -0.15) is 0 Å². The zero-order valence-corrected chi connectivity index (χ0v) is 10.8. The van der Waals surface area contributed by atoms with Gasteiger partial charge < -0.3 is 5.11 Å². The van der Waals surface area contributed by atoms with Crippen LogP contribution in [0.5, 0.6) is 0 Å². The largest absolute Gasteiger partial charge is 0.392 e. The highest BCUT2D eigenvalue weighted by molar-refractivity contribution is 7.99. The first-order chi connectivity index (χ1) is 8.70.